The molecule has 0 unspecified atom stereocenters. The summed E-state index contributed by atoms with van der Waals surface area (Å²) in [7, 11) is 0. The molecule has 3 nitrogen and oxygen atoms in total. The van der Waals surface area contributed by atoms with Gasteiger partial charge in [-0.25, -0.2) is 4.79 Å². The average Bonchev–Trinajstić information content (AvgIpc) is 2.51. The molecule has 1 N–H and O–H groups in total. The molecule has 12 heavy (non-hydrogen) atoms. The van der Waals surface area contributed by atoms with E-state index in [0.717, 1.165) is 0 Å². The molecule has 0 saturated carbocycles. The Balaban J connectivity index is 2.96. The lowest BCUT2D eigenvalue weighted by Gasteiger charge is -1.95. The van der Waals surface area contributed by atoms with Crippen LogP contribution >= 0.6 is 0 Å². The number of carboxylic acid groups (broad SMARTS) is 1. The zero-order valence-corrected chi connectivity index (χ0v) is 6.78. The van der Waals surface area contributed by atoms with Crippen LogP contribution in [-0.4, -0.2) is 11.1 Å². The highest BCUT2D eigenvalue weighted by Crippen LogP contribution is 2.15. The van der Waals surface area contributed by atoms with Crippen molar-refractivity contribution in [2.75, 3.05) is 0 Å². The van der Waals surface area contributed by atoms with Crippen molar-refractivity contribution >= 4 is 11.5 Å². The standard InChI is InChI=1S/C9H10O3/c1-2-3-8(9(10)11)7-4-5-12-6-7/h3-6H,2H2,1H3,(H,10,11)/b8-3-. The Morgan fingerprint density at radius 2 is 2.50 bits per heavy atom. The largest absolute Gasteiger partial charge is 0.478 e. The van der Waals surface area contributed by atoms with Crippen molar-refractivity contribution in [3.05, 3.63) is 30.2 Å². The first-order valence-electron chi connectivity index (χ1n) is 3.71. The van der Waals surface area contributed by atoms with Gasteiger partial charge in [0.15, 0.2) is 0 Å². The summed E-state index contributed by atoms with van der Waals surface area (Å²) in [5, 5.41) is 8.77. The predicted octanol–water partition coefficient (Wildman–Crippen LogP) is 2.16. The van der Waals surface area contributed by atoms with Crippen LogP contribution in [0.15, 0.2) is 29.1 Å². The van der Waals surface area contributed by atoms with Gasteiger partial charge in [0.1, 0.15) is 0 Å². The van der Waals surface area contributed by atoms with Crippen LogP contribution in [-0.2, 0) is 4.79 Å². The Morgan fingerprint density at radius 3 is 2.92 bits per heavy atom. The van der Waals surface area contributed by atoms with Crippen molar-refractivity contribution < 1.29 is 14.3 Å². The molecule has 0 spiro atoms. The molecule has 1 heterocycles. The first kappa shape index (κ1) is 8.59. The molecule has 0 aliphatic rings. The van der Waals surface area contributed by atoms with Gasteiger partial charge in [-0.15, -0.1) is 0 Å². The lowest BCUT2D eigenvalue weighted by Crippen LogP contribution is -1.97. The maximum absolute atomic E-state index is 10.7. The van der Waals surface area contributed by atoms with E-state index in [9.17, 15) is 4.79 Å². The Kier molecular flexibility index (Phi) is 2.69. The first-order valence-corrected chi connectivity index (χ1v) is 3.71. The fraction of sp³-hybridized carbons (Fsp3) is 0.222. The Labute approximate surface area is 70.3 Å². The third-order valence-electron chi connectivity index (χ3n) is 1.47. The highest BCUT2D eigenvalue weighted by Gasteiger charge is 2.09. The topological polar surface area (TPSA) is 50.4 Å². The summed E-state index contributed by atoms with van der Waals surface area (Å²) in [4.78, 5) is 10.7. The minimum Gasteiger partial charge on any atom is -0.478 e. The van der Waals surface area contributed by atoms with Crippen LogP contribution < -0.4 is 0 Å². The fourth-order valence-electron chi connectivity index (χ4n) is 0.950. The molecule has 1 aromatic rings. The van der Waals surface area contributed by atoms with Gasteiger partial charge >= 0.3 is 5.97 Å². The molecular formula is C9H10O3. The molecule has 64 valence electrons. The van der Waals surface area contributed by atoms with E-state index in [-0.39, 0.29) is 0 Å². The van der Waals surface area contributed by atoms with Gasteiger partial charge in [-0.2, -0.15) is 0 Å². The first-order chi connectivity index (χ1) is 5.75. The van der Waals surface area contributed by atoms with Crippen molar-refractivity contribution in [3.8, 4) is 0 Å². The molecule has 0 fully saturated rings. The van der Waals surface area contributed by atoms with Gasteiger partial charge in [0, 0.05) is 5.56 Å². The molecule has 0 aliphatic carbocycles. The predicted molar refractivity (Wildman–Crippen MR) is 44.6 cm³/mol. The average molecular weight is 166 g/mol. The van der Waals surface area contributed by atoms with E-state index in [2.05, 4.69) is 0 Å². The molecule has 1 aromatic heterocycles. The third kappa shape index (κ3) is 1.75. The molecule has 1 rings (SSSR count). The lowest BCUT2D eigenvalue weighted by molar-refractivity contribution is -0.130. The molecular weight excluding hydrogens is 156 g/mol. The van der Waals surface area contributed by atoms with Crippen molar-refractivity contribution in [2.24, 2.45) is 0 Å². The summed E-state index contributed by atoms with van der Waals surface area (Å²) in [6, 6.07) is 1.63. The van der Waals surface area contributed by atoms with Gasteiger partial charge in [0.25, 0.3) is 0 Å². The summed E-state index contributed by atoms with van der Waals surface area (Å²) in [6.07, 6.45) is 5.25. The summed E-state index contributed by atoms with van der Waals surface area (Å²) in [5.74, 6) is -0.918. The second-order valence-corrected chi connectivity index (χ2v) is 2.34. The van der Waals surface area contributed by atoms with Crippen molar-refractivity contribution in [3.63, 3.8) is 0 Å². The molecule has 0 radical (unpaired) electrons. The van der Waals surface area contributed by atoms with Crippen LogP contribution in [0, 0.1) is 0 Å². The van der Waals surface area contributed by atoms with E-state index in [4.69, 9.17) is 9.52 Å². The van der Waals surface area contributed by atoms with E-state index in [1.165, 1.54) is 12.5 Å². The van der Waals surface area contributed by atoms with Crippen molar-refractivity contribution in [2.45, 2.75) is 13.3 Å². The zero-order valence-electron chi connectivity index (χ0n) is 6.78. The van der Waals surface area contributed by atoms with E-state index < -0.39 is 5.97 Å². The van der Waals surface area contributed by atoms with Gasteiger partial charge in [-0.05, 0) is 12.5 Å². The van der Waals surface area contributed by atoms with E-state index in [1.807, 2.05) is 6.92 Å². The van der Waals surface area contributed by atoms with Crippen LogP contribution in [0.5, 0.6) is 0 Å². The van der Waals surface area contributed by atoms with Crippen LogP contribution in [0.1, 0.15) is 18.9 Å². The van der Waals surface area contributed by atoms with Crippen LogP contribution in [0.2, 0.25) is 0 Å². The van der Waals surface area contributed by atoms with Crippen LogP contribution in [0.4, 0.5) is 0 Å². The number of hydrogen-bond acceptors (Lipinski definition) is 2. The minimum atomic E-state index is -0.918. The Morgan fingerprint density at radius 1 is 1.75 bits per heavy atom. The number of furan rings is 1. The molecule has 0 amide bonds. The number of carboxylic acids is 1. The van der Waals surface area contributed by atoms with Crippen molar-refractivity contribution in [1.29, 1.82) is 0 Å². The van der Waals surface area contributed by atoms with Gasteiger partial charge in [0.05, 0.1) is 18.1 Å². The van der Waals surface area contributed by atoms with Gasteiger partial charge in [0.2, 0.25) is 0 Å². The number of aliphatic carboxylic acids is 1. The molecule has 0 bridgehead atoms. The maximum atomic E-state index is 10.7. The fourth-order valence-corrected chi connectivity index (χ4v) is 0.950. The molecule has 3 heteroatoms. The van der Waals surface area contributed by atoms with Crippen LogP contribution in [0.3, 0.4) is 0 Å². The number of hydrogen-bond donors (Lipinski definition) is 1. The van der Waals surface area contributed by atoms with Gasteiger partial charge in [-0.1, -0.05) is 13.0 Å². The van der Waals surface area contributed by atoms with Gasteiger partial charge < -0.3 is 9.52 Å². The Bertz CT molecular complexity index is 283. The second-order valence-electron chi connectivity index (χ2n) is 2.34. The highest BCUT2D eigenvalue weighted by molar-refractivity contribution is 6.15. The number of rotatable bonds is 3. The molecule has 0 aliphatic heterocycles. The van der Waals surface area contributed by atoms with Gasteiger partial charge in [-0.3, -0.25) is 0 Å². The zero-order chi connectivity index (χ0) is 8.97. The van der Waals surface area contributed by atoms with E-state index in [1.54, 1.807) is 12.1 Å². The quantitative estimate of drug-likeness (QED) is 0.700. The smallest absolute Gasteiger partial charge is 0.336 e. The van der Waals surface area contributed by atoms with E-state index >= 15 is 0 Å². The summed E-state index contributed by atoms with van der Waals surface area (Å²) in [6.45, 7) is 1.89. The molecule has 0 atom stereocenters. The van der Waals surface area contributed by atoms with Crippen molar-refractivity contribution in [1.82, 2.24) is 0 Å². The molecule has 0 aromatic carbocycles. The molecule has 0 saturated heterocycles. The lowest BCUT2D eigenvalue weighted by atomic mass is 10.1. The Hall–Kier alpha value is -1.51. The minimum absolute atomic E-state index is 0.297. The summed E-state index contributed by atoms with van der Waals surface area (Å²) in [5.41, 5.74) is 0.913. The van der Waals surface area contributed by atoms with Crippen LogP contribution in [0.25, 0.3) is 5.57 Å². The highest BCUT2D eigenvalue weighted by atomic mass is 16.4. The summed E-state index contributed by atoms with van der Waals surface area (Å²) >= 11 is 0. The third-order valence-corrected chi connectivity index (χ3v) is 1.47. The second kappa shape index (κ2) is 3.76. The maximum Gasteiger partial charge on any atom is 0.336 e. The monoisotopic (exact) mass is 166 g/mol. The summed E-state index contributed by atoms with van der Waals surface area (Å²) < 4.78 is 4.79. The number of allylic oxidation sites excluding steroid dienone is 1. The normalized spacial score (nSPS) is 11.6. The van der Waals surface area contributed by atoms with E-state index in [0.29, 0.717) is 17.6 Å². The number of carbonyl (C=O) groups is 1. The SMILES string of the molecule is CC/C=C(\C(=O)O)c1ccoc1.